The zero-order chi connectivity index (χ0) is 12.8. The highest BCUT2D eigenvalue weighted by atomic mass is 35.5. The summed E-state index contributed by atoms with van der Waals surface area (Å²) in [6, 6.07) is 4.67. The fourth-order valence-electron chi connectivity index (χ4n) is 1.03. The van der Waals surface area contributed by atoms with E-state index in [4.69, 9.17) is 28.3 Å². The molecule has 0 fully saturated rings. The standard InChI is InChI=1S/C10H10Cl2N2O3/c11-6-2-1-3-7(8(6)12)14-10(17)9(16)13-4-5-15/h1-3,15H,4-5H2,(H,13,16)(H,14,17). The van der Waals surface area contributed by atoms with E-state index < -0.39 is 11.8 Å². The van der Waals surface area contributed by atoms with Crippen LogP contribution in [0.25, 0.3) is 0 Å². The Morgan fingerprint density at radius 3 is 2.59 bits per heavy atom. The van der Waals surface area contributed by atoms with Gasteiger partial charge in [0.25, 0.3) is 0 Å². The second-order valence-corrected chi connectivity index (χ2v) is 3.82. The van der Waals surface area contributed by atoms with E-state index in [1.165, 1.54) is 6.07 Å². The Morgan fingerprint density at radius 1 is 1.24 bits per heavy atom. The molecule has 0 bridgehead atoms. The summed E-state index contributed by atoms with van der Waals surface area (Å²) < 4.78 is 0. The number of halogens is 2. The van der Waals surface area contributed by atoms with Crippen molar-refractivity contribution in [3.63, 3.8) is 0 Å². The van der Waals surface area contributed by atoms with E-state index in [2.05, 4.69) is 10.6 Å². The van der Waals surface area contributed by atoms with Crippen molar-refractivity contribution < 1.29 is 14.7 Å². The van der Waals surface area contributed by atoms with Crippen LogP contribution >= 0.6 is 23.2 Å². The third kappa shape index (κ3) is 3.89. The van der Waals surface area contributed by atoms with Gasteiger partial charge in [0, 0.05) is 6.54 Å². The third-order valence-electron chi connectivity index (χ3n) is 1.80. The molecule has 1 rings (SSSR count). The molecule has 92 valence electrons. The Balaban J connectivity index is 2.68. The Kier molecular flexibility index (Phi) is 5.21. The summed E-state index contributed by atoms with van der Waals surface area (Å²) in [5.41, 5.74) is 0.253. The van der Waals surface area contributed by atoms with Gasteiger partial charge in [-0.2, -0.15) is 0 Å². The van der Waals surface area contributed by atoms with E-state index in [0.717, 1.165) is 0 Å². The first kappa shape index (κ1) is 13.8. The minimum atomic E-state index is -0.873. The topological polar surface area (TPSA) is 78.4 Å². The van der Waals surface area contributed by atoms with Crippen molar-refractivity contribution in [2.24, 2.45) is 0 Å². The number of benzene rings is 1. The average molecular weight is 277 g/mol. The zero-order valence-electron chi connectivity index (χ0n) is 8.67. The maximum absolute atomic E-state index is 11.4. The summed E-state index contributed by atoms with van der Waals surface area (Å²) in [7, 11) is 0. The number of aliphatic hydroxyl groups is 1. The minimum absolute atomic E-state index is 0.00946. The molecular weight excluding hydrogens is 267 g/mol. The average Bonchev–Trinajstić information content (AvgIpc) is 2.31. The number of hydrogen-bond acceptors (Lipinski definition) is 3. The molecule has 0 heterocycles. The Bertz CT molecular complexity index is 438. The zero-order valence-corrected chi connectivity index (χ0v) is 10.2. The summed E-state index contributed by atoms with van der Waals surface area (Å²) in [6.07, 6.45) is 0. The fourth-order valence-corrected chi connectivity index (χ4v) is 1.38. The van der Waals surface area contributed by atoms with E-state index >= 15 is 0 Å². The van der Waals surface area contributed by atoms with E-state index in [0.29, 0.717) is 0 Å². The largest absolute Gasteiger partial charge is 0.395 e. The van der Waals surface area contributed by atoms with Gasteiger partial charge in [-0.1, -0.05) is 29.3 Å². The van der Waals surface area contributed by atoms with Crippen LogP contribution < -0.4 is 10.6 Å². The predicted molar refractivity (Wildman–Crippen MR) is 65.2 cm³/mol. The van der Waals surface area contributed by atoms with Gasteiger partial charge in [-0.15, -0.1) is 0 Å². The van der Waals surface area contributed by atoms with Gasteiger partial charge >= 0.3 is 11.8 Å². The minimum Gasteiger partial charge on any atom is -0.395 e. The first-order valence-electron chi connectivity index (χ1n) is 4.70. The summed E-state index contributed by atoms with van der Waals surface area (Å²) in [5.74, 6) is -1.72. The normalized spacial score (nSPS) is 9.82. The molecule has 1 aromatic carbocycles. The highest BCUT2D eigenvalue weighted by molar-refractivity contribution is 6.45. The molecule has 2 amide bonds. The van der Waals surface area contributed by atoms with Crippen LogP contribution in [0.2, 0.25) is 10.0 Å². The van der Waals surface area contributed by atoms with Crippen LogP contribution in [0.1, 0.15) is 0 Å². The van der Waals surface area contributed by atoms with Crippen LogP contribution in [0.3, 0.4) is 0 Å². The molecule has 17 heavy (non-hydrogen) atoms. The van der Waals surface area contributed by atoms with Gasteiger partial charge in [-0.05, 0) is 12.1 Å². The summed E-state index contributed by atoms with van der Waals surface area (Å²) in [5, 5.41) is 13.4. The van der Waals surface area contributed by atoms with Crippen LogP contribution in [0.4, 0.5) is 5.69 Å². The molecular formula is C10H10Cl2N2O3. The van der Waals surface area contributed by atoms with Crippen molar-refractivity contribution in [1.29, 1.82) is 0 Å². The molecule has 0 saturated heterocycles. The molecule has 5 nitrogen and oxygen atoms in total. The van der Waals surface area contributed by atoms with Crippen LogP contribution in [-0.2, 0) is 9.59 Å². The molecule has 0 aliphatic carbocycles. The molecule has 1 aromatic rings. The third-order valence-corrected chi connectivity index (χ3v) is 2.62. The van der Waals surface area contributed by atoms with Crippen molar-refractivity contribution in [2.45, 2.75) is 0 Å². The molecule has 0 saturated carbocycles. The van der Waals surface area contributed by atoms with Gasteiger partial charge in [0.2, 0.25) is 0 Å². The Hall–Kier alpha value is -1.30. The molecule has 3 N–H and O–H groups in total. The van der Waals surface area contributed by atoms with Gasteiger partial charge in [0.15, 0.2) is 0 Å². The number of aliphatic hydroxyl groups excluding tert-OH is 1. The van der Waals surface area contributed by atoms with Gasteiger partial charge in [-0.3, -0.25) is 9.59 Å². The van der Waals surface area contributed by atoms with E-state index in [9.17, 15) is 9.59 Å². The second kappa shape index (κ2) is 6.44. The molecule has 0 spiro atoms. The van der Waals surface area contributed by atoms with Crippen LogP contribution in [0.5, 0.6) is 0 Å². The number of anilines is 1. The molecule has 0 aliphatic rings. The van der Waals surface area contributed by atoms with E-state index in [1.54, 1.807) is 12.1 Å². The van der Waals surface area contributed by atoms with Crippen molar-refractivity contribution >= 4 is 40.7 Å². The van der Waals surface area contributed by atoms with Gasteiger partial charge in [0.05, 0.1) is 22.3 Å². The lowest BCUT2D eigenvalue weighted by atomic mass is 10.3. The van der Waals surface area contributed by atoms with Crippen molar-refractivity contribution in [1.82, 2.24) is 5.32 Å². The lowest BCUT2D eigenvalue weighted by Gasteiger charge is -2.07. The van der Waals surface area contributed by atoms with Gasteiger partial charge in [0.1, 0.15) is 0 Å². The highest BCUT2D eigenvalue weighted by Crippen LogP contribution is 2.29. The SMILES string of the molecule is O=C(NCCO)C(=O)Nc1cccc(Cl)c1Cl. The Morgan fingerprint density at radius 2 is 1.94 bits per heavy atom. The molecule has 0 aliphatic heterocycles. The monoisotopic (exact) mass is 276 g/mol. The van der Waals surface area contributed by atoms with Crippen LogP contribution in [-0.4, -0.2) is 30.1 Å². The first-order chi connectivity index (χ1) is 8.06. The summed E-state index contributed by atoms with van der Waals surface area (Å²) in [6.45, 7) is -0.230. The molecule has 7 heteroatoms. The van der Waals surface area contributed by atoms with E-state index in [-0.39, 0.29) is 28.9 Å². The van der Waals surface area contributed by atoms with Crippen molar-refractivity contribution in [3.05, 3.63) is 28.2 Å². The summed E-state index contributed by atoms with van der Waals surface area (Å²) >= 11 is 11.6. The molecule has 0 radical (unpaired) electrons. The summed E-state index contributed by atoms with van der Waals surface area (Å²) in [4.78, 5) is 22.6. The van der Waals surface area contributed by atoms with Crippen LogP contribution in [0.15, 0.2) is 18.2 Å². The van der Waals surface area contributed by atoms with Gasteiger partial charge in [-0.25, -0.2) is 0 Å². The first-order valence-corrected chi connectivity index (χ1v) is 5.46. The predicted octanol–water partition coefficient (Wildman–Crippen LogP) is 1.04. The number of carbonyl (C=O) groups excluding carboxylic acids is 2. The number of amides is 2. The molecule has 0 unspecified atom stereocenters. The number of carbonyl (C=O) groups is 2. The maximum Gasteiger partial charge on any atom is 0.313 e. The quantitative estimate of drug-likeness (QED) is 0.722. The number of hydrogen-bond donors (Lipinski definition) is 3. The number of rotatable bonds is 3. The number of nitrogens with one attached hydrogen (secondary N) is 2. The molecule has 0 aromatic heterocycles. The smallest absolute Gasteiger partial charge is 0.313 e. The fraction of sp³-hybridized carbons (Fsp3) is 0.200. The van der Waals surface area contributed by atoms with E-state index in [1.807, 2.05) is 0 Å². The van der Waals surface area contributed by atoms with Crippen molar-refractivity contribution in [3.8, 4) is 0 Å². The Labute approximate surface area is 108 Å². The lowest BCUT2D eigenvalue weighted by molar-refractivity contribution is -0.136. The van der Waals surface area contributed by atoms with Crippen molar-refractivity contribution in [2.75, 3.05) is 18.5 Å². The molecule has 0 atom stereocenters. The van der Waals surface area contributed by atoms with Crippen LogP contribution in [0, 0.1) is 0 Å². The maximum atomic E-state index is 11.4. The van der Waals surface area contributed by atoms with Gasteiger partial charge < -0.3 is 15.7 Å². The highest BCUT2D eigenvalue weighted by Gasteiger charge is 2.15. The lowest BCUT2D eigenvalue weighted by Crippen LogP contribution is -2.36. The second-order valence-electron chi connectivity index (χ2n) is 3.04.